The van der Waals surface area contributed by atoms with Crippen molar-refractivity contribution >= 4 is 35.3 Å². The Hall–Kier alpha value is -4.70. The van der Waals surface area contributed by atoms with Gasteiger partial charge in [0.05, 0.1) is 12.2 Å². The van der Waals surface area contributed by atoms with Gasteiger partial charge < -0.3 is 15.1 Å². The Kier molecular flexibility index (Phi) is 7.98. The minimum absolute atomic E-state index is 0.127. The summed E-state index contributed by atoms with van der Waals surface area (Å²) in [6, 6.07) is 25.0. The summed E-state index contributed by atoms with van der Waals surface area (Å²) >= 11 is 0. The van der Waals surface area contributed by atoms with E-state index in [2.05, 4.69) is 51.5 Å². The number of nitrogens with zero attached hydrogens (tertiary/aromatic N) is 5. The number of imide groups is 2. The molecule has 3 aromatic carbocycles. The van der Waals surface area contributed by atoms with Crippen LogP contribution in [0.1, 0.15) is 42.9 Å². The molecule has 4 fully saturated rings. The number of anilines is 2. The van der Waals surface area contributed by atoms with Crippen molar-refractivity contribution < 1.29 is 19.2 Å². The molecule has 0 aromatic heterocycles. The number of piperazine rings is 1. The van der Waals surface area contributed by atoms with Crippen LogP contribution in [0.2, 0.25) is 0 Å². The molecular formula is C36H40N6O4. The molecule has 0 radical (unpaired) electrons. The average molecular weight is 621 g/mol. The van der Waals surface area contributed by atoms with Gasteiger partial charge in [0.2, 0.25) is 5.91 Å². The summed E-state index contributed by atoms with van der Waals surface area (Å²) in [6.07, 6.45) is 2.13. The molecule has 10 nitrogen and oxygen atoms in total. The molecule has 1 aliphatic carbocycles. The average Bonchev–Trinajstić information content (AvgIpc) is 3.90. The second-order valence-electron chi connectivity index (χ2n) is 13.0. The maximum absolute atomic E-state index is 13.6. The highest BCUT2D eigenvalue weighted by Gasteiger charge is 2.56. The van der Waals surface area contributed by atoms with Crippen LogP contribution in [0, 0.1) is 5.92 Å². The molecule has 1 atom stereocenters. The Balaban J connectivity index is 0.980. The molecule has 7 rings (SSSR count). The molecule has 10 heteroatoms. The van der Waals surface area contributed by atoms with Gasteiger partial charge in [0.1, 0.15) is 5.54 Å². The van der Waals surface area contributed by atoms with Gasteiger partial charge >= 0.3 is 12.1 Å². The minimum Gasteiger partial charge on any atom is -0.369 e. The summed E-state index contributed by atoms with van der Waals surface area (Å²) < 4.78 is 0. The summed E-state index contributed by atoms with van der Waals surface area (Å²) in [5, 5.41) is 2.87. The van der Waals surface area contributed by atoms with Crippen LogP contribution in [0.4, 0.5) is 21.0 Å². The van der Waals surface area contributed by atoms with Gasteiger partial charge in [-0.2, -0.15) is 0 Å². The highest BCUT2D eigenvalue weighted by molar-refractivity contribution is 6.23. The number of hydrogen-bond acceptors (Lipinski definition) is 6. The monoisotopic (exact) mass is 620 g/mol. The van der Waals surface area contributed by atoms with Crippen LogP contribution in [0.15, 0.2) is 78.9 Å². The third kappa shape index (κ3) is 5.85. The predicted octanol–water partition coefficient (Wildman–Crippen LogP) is 4.59. The van der Waals surface area contributed by atoms with Crippen molar-refractivity contribution in [1.82, 2.24) is 20.0 Å². The maximum Gasteiger partial charge on any atom is 0.329 e. The molecule has 0 bridgehead atoms. The number of urea groups is 2. The van der Waals surface area contributed by atoms with Crippen LogP contribution in [0.3, 0.4) is 0 Å². The van der Waals surface area contributed by atoms with Crippen LogP contribution in [0.25, 0.3) is 0 Å². The van der Waals surface area contributed by atoms with Crippen molar-refractivity contribution in [3.63, 3.8) is 0 Å². The van der Waals surface area contributed by atoms with E-state index in [0.717, 1.165) is 56.7 Å². The van der Waals surface area contributed by atoms with Gasteiger partial charge in [-0.1, -0.05) is 54.6 Å². The number of nitrogens with one attached hydrogen (secondary N) is 1. The van der Waals surface area contributed by atoms with Crippen molar-refractivity contribution in [1.29, 1.82) is 0 Å². The molecule has 6 amide bonds. The Bertz CT molecular complexity index is 1630. The number of benzene rings is 3. The van der Waals surface area contributed by atoms with Gasteiger partial charge in [-0.3, -0.25) is 19.4 Å². The zero-order valence-corrected chi connectivity index (χ0v) is 26.2. The number of hydrogen-bond donors (Lipinski definition) is 1. The smallest absolute Gasteiger partial charge is 0.329 e. The number of para-hydroxylation sites is 1. The number of carbonyl (C=O) groups is 4. The first-order valence-corrected chi connectivity index (χ1v) is 16.2. The van der Waals surface area contributed by atoms with Crippen LogP contribution in [-0.4, -0.2) is 76.8 Å². The summed E-state index contributed by atoms with van der Waals surface area (Å²) in [4.78, 5) is 61.5. The van der Waals surface area contributed by atoms with E-state index in [-0.39, 0.29) is 36.7 Å². The zero-order valence-electron chi connectivity index (χ0n) is 26.2. The highest BCUT2D eigenvalue weighted by Crippen LogP contribution is 2.43. The molecule has 4 aliphatic rings. The van der Waals surface area contributed by atoms with Crippen LogP contribution < -0.4 is 15.1 Å². The van der Waals surface area contributed by atoms with Crippen LogP contribution in [-0.2, 0) is 29.2 Å². The lowest BCUT2D eigenvalue weighted by Gasteiger charge is -2.37. The molecule has 3 aromatic rings. The molecule has 1 N–H and O–H groups in total. The lowest BCUT2D eigenvalue weighted by atomic mass is 9.96. The van der Waals surface area contributed by atoms with Gasteiger partial charge in [0, 0.05) is 57.9 Å². The standard InChI is InChI=1S/C36H40N6O4/c1-36(29-13-14-29)33(44)42(34(45)37-36)31-15-11-26(12-16-31)23-41-32(43)17-18-40(35(41)46)25-28-8-6-5-7-27(28)24-38-19-21-39(22-20-38)30-9-3-2-4-10-30/h2-12,15-16,29H,13-14,17-25H2,1H3,(H,37,45). The molecule has 46 heavy (non-hydrogen) atoms. The lowest BCUT2D eigenvalue weighted by molar-refractivity contribution is -0.131. The Morgan fingerprint density at radius 3 is 2.04 bits per heavy atom. The van der Waals surface area contributed by atoms with E-state index in [1.807, 2.05) is 18.2 Å². The third-order valence-electron chi connectivity index (χ3n) is 9.91. The van der Waals surface area contributed by atoms with E-state index >= 15 is 0 Å². The van der Waals surface area contributed by atoms with E-state index in [4.69, 9.17) is 0 Å². The third-order valence-corrected chi connectivity index (χ3v) is 9.91. The van der Waals surface area contributed by atoms with E-state index in [0.29, 0.717) is 18.8 Å². The van der Waals surface area contributed by atoms with Crippen LogP contribution in [0.5, 0.6) is 0 Å². The van der Waals surface area contributed by atoms with Crippen molar-refractivity contribution in [3.8, 4) is 0 Å². The normalized spacial score (nSPS) is 22.5. The largest absolute Gasteiger partial charge is 0.369 e. The van der Waals surface area contributed by atoms with Gasteiger partial charge in [0.25, 0.3) is 5.91 Å². The number of carbonyl (C=O) groups excluding carboxylic acids is 4. The number of rotatable bonds is 9. The molecule has 1 saturated carbocycles. The predicted molar refractivity (Wildman–Crippen MR) is 175 cm³/mol. The van der Waals surface area contributed by atoms with E-state index in [9.17, 15) is 19.2 Å². The first-order valence-electron chi connectivity index (χ1n) is 16.2. The Morgan fingerprint density at radius 1 is 0.717 bits per heavy atom. The quantitative estimate of drug-likeness (QED) is 0.352. The minimum atomic E-state index is -0.859. The first-order chi connectivity index (χ1) is 22.3. The van der Waals surface area contributed by atoms with Gasteiger partial charge in [-0.25, -0.2) is 14.5 Å². The SMILES string of the molecule is CC1(C2CC2)NC(=O)N(c2ccc(CN3C(=O)CCN(Cc4ccccc4CN4CCN(c5ccccc5)CC4)C3=O)cc2)C1=O. The zero-order chi connectivity index (χ0) is 31.8. The molecule has 238 valence electrons. The fraction of sp³-hybridized carbons (Fsp3) is 0.389. The molecule has 1 unspecified atom stereocenters. The van der Waals surface area contributed by atoms with Crippen molar-refractivity contribution in [3.05, 3.63) is 95.6 Å². The Labute approximate surface area is 269 Å². The Morgan fingerprint density at radius 2 is 1.37 bits per heavy atom. The van der Waals surface area contributed by atoms with Crippen molar-refractivity contribution in [2.75, 3.05) is 42.5 Å². The summed E-state index contributed by atoms with van der Waals surface area (Å²) in [7, 11) is 0. The molecule has 0 spiro atoms. The van der Waals surface area contributed by atoms with E-state index in [1.165, 1.54) is 21.1 Å². The van der Waals surface area contributed by atoms with Gasteiger partial charge in [-0.05, 0) is 66.6 Å². The van der Waals surface area contributed by atoms with Gasteiger partial charge in [-0.15, -0.1) is 0 Å². The number of amides is 6. The van der Waals surface area contributed by atoms with Crippen molar-refractivity contribution in [2.45, 2.75) is 51.4 Å². The van der Waals surface area contributed by atoms with E-state index in [1.54, 1.807) is 36.1 Å². The summed E-state index contributed by atoms with van der Waals surface area (Å²) in [5.41, 5.74) is 3.91. The van der Waals surface area contributed by atoms with Crippen molar-refractivity contribution in [2.24, 2.45) is 5.92 Å². The summed E-state index contributed by atoms with van der Waals surface area (Å²) in [6.45, 7) is 7.41. The van der Waals surface area contributed by atoms with Crippen LogP contribution >= 0.6 is 0 Å². The first kappa shape index (κ1) is 30.0. The van der Waals surface area contributed by atoms with E-state index < -0.39 is 11.6 Å². The second-order valence-corrected chi connectivity index (χ2v) is 13.0. The molecule has 3 saturated heterocycles. The fourth-order valence-electron chi connectivity index (χ4n) is 6.92. The highest BCUT2D eigenvalue weighted by atomic mass is 16.2. The second kappa shape index (κ2) is 12.2. The molecular weight excluding hydrogens is 580 g/mol. The molecule has 3 heterocycles. The maximum atomic E-state index is 13.6. The van der Waals surface area contributed by atoms with Gasteiger partial charge in [0.15, 0.2) is 0 Å². The summed E-state index contributed by atoms with van der Waals surface area (Å²) in [5.74, 6) is -0.265. The molecule has 3 aliphatic heterocycles. The topological polar surface area (TPSA) is 96.5 Å². The lowest BCUT2D eigenvalue weighted by Crippen LogP contribution is -2.51. The fourth-order valence-corrected chi connectivity index (χ4v) is 6.92.